The molecule has 16 heavy (non-hydrogen) atoms. The van der Waals surface area contributed by atoms with E-state index in [2.05, 4.69) is 17.1 Å². The van der Waals surface area contributed by atoms with E-state index in [0.717, 1.165) is 24.8 Å². The fourth-order valence-electron chi connectivity index (χ4n) is 1.48. The number of hydrogen-bond acceptors (Lipinski definition) is 4. The average molecular weight is 217 g/mol. The largest absolute Gasteiger partial charge is 0.421 e. The third-order valence-corrected chi connectivity index (χ3v) is 2.40. The number of aromatic nitrogens is 2. The van der Waals surface area contributed by atoms with E-state index in [-0.39, 0.29) is 0 Å². The predicted octanol–water partition coefficient (Wildman–Crippen LogP) is 2.66. The Kier molecular flexibility index (Phi) is 3.19. The zero-order chi connectivity index (χ0) is 11.4. The number of nitrogen functional groups attached to an aromatic ring is 1. The third kappa shape index (κ3) is 2.21. The van der Waals surface area contributed by atoms with Gasteiger partial charge in [-0.1, -0.05) is 25.5 Å². The van der Waals surface area contributed by atoms with Crippen LogP contribution in [0.3, 0.4) is 0 Å². The van der Waals surface area contributed by atoms with E-state index < -0.39 is 0 Å². The fourth-order valence-corrected chi connectivity index (χ4v) is 1.48. The maximum Gasteiger partial charge on any atom is 0.249 e. The number of hydrogen-bond donors (Lipinski definition) is 1. The summed E-state index contributed by atoms with van der Waals surface area (Å²) in [6, 6.07) is 7.49. The van der Waals surface area contributed by atoms with Crippen molar-refractivity contribution in [3.05, 3.63) is 30.2 Å². The molecule has 2 aromatic rings. The Morgan fingerprint density at radius 1 is 1.25 bits per heavy atom. The second kappa shape index (κ2) is 4.79. The van der Waals surface area contributed by atoms with Crippen LogP contribution in [0.15, 0.2) is 28.7 Å². The lowest BCUT2D eigenvalue weighted by atomic mass is 10.2. The normalized spacial score (nSPS) is 10.6. The summed E-state index contributed by atoms with van der Waals surface area (Å²) in [5, 5.41) is 8.00. The number of nitrogens with two attached hydrogens (primary N) is 1. The summed E-state index contributed by atoms with van der Waals surface area (Å²) in [4.78, 5) is 0. The number of unbranched alkanes of at least 4 members (excludes halogenated alkanes) is 1. The van der Waals surface area contributed by atoms with Crippen LogP contribution >= 0.6 is 0 Å². The zero-order valence-electron chi connectivity index (χ0n) is 9.31. The minimum Gasteiger partial charge on any atom is -0.421 e. The molecular formula is C12H15N3O. The zero-order valence-corrected chi connectivity index (χ0v) is 9.31. The highest BCUT2D eigenvalue weighted by Gasteiger charge is 2.10. The highest BCUT2D eigenvalue weighted by molar-refractivity contribution is 5.69. The molecule has 2 rings (SSSR count). The third-order valence-electron chi connectivity index (χ3n) is 2.40. The summed E-state index contributed by atoms with van der Waals surface area (Å²) >= 11 is 0. The second-order valence-corrected chi connectivity index (χ2v) is 3.69. The highest BCUT2D eigenvalue weighted by Crippen LogP contribution is 2.24. The first-order valence-corrected chi connectivity index (χ1v) is 5.48. The number of aryl methyl sites for hydroxylation is 1. The molecule has 0 atom stereocenters. The number of benzene rings is 1. The van der Waals surface area contributed by atoms with Gasteiger partial charge < -0.3 is 10.2 Å². The van der Waals surface area contributed by atoms with Crippen LogP contribution in [-0.2, 0) is 6.42 Å². The Balaban J connectivity index is 2.22. The van der Waals surface area contributed by atoms with Crippen LogP contribution in [0, 0.1) is 0 Å². The smallest absolute Gasteiger partial charge is 0.249 e. The van der Waals surface area contributed by atoms with Crippen molar-refractivity contribution in [2.24, 2.45) is 0 Å². The Bertz CT molecular complexity index is 465. The maximum absolute atomic E-state index is 5.83. The molecule has 4 nitrogen and oxygen atoms in total. The number of nitrogens with zero attached hydrogens (tertiary/aromatic N) is 2. The monoisotopic (exact) mass is 217 g/mol. The number of rotatable bonds is 4. The molecule has 0 spiro atoms. The van der Waals surface area contributed by atoms with E-state index in [9.17, 15) is 0 Å². The number of anilines is 1. The Hall–Kier alpha value is -1.84. The van der Waals surface area contributed by atoms with Crippen molar-refractivity contribution in [2.75, 3.05) is 5.73 Å². The SMILES string of the molecule is CCCCc1nnc(-c2ccccc2N)o1. The Labute approximate surface area is 94.5 Å². The summed E-state index contributed by atoms with van der Waals surface area (Å²) in [5.41, 5.74) is 7.30. The van der Waals surface area contributed by atoms with Crippen LogP contribution < -0.4 is 5.73 Å². The molecule has 2 N–H and O–H groups in total. The van der Waals surface area contributed by atoms with Gasteiger partial charge in [-0.25, -0.2) is 0 Å². The first kappa shape index (κ1) is 10.7. The van der Waals surface area contributed by atoms with E-state index in [0.29, 0.717) is 17.5 Å². The fraction of sp³-hybridized carbons (Fsp3) is 0.333. The lowest BCUT2D eigenvalue weighted by Gasteiger charge is -1.98. The van der Waals surface area contributed by atoms with Crippen LogP contribution in [0.5, 0.6) is 0 Å². The van der Waals surface area contributed by atoms with Gasteiger partial charge in [-0.3, -0.25) is 0 Å². The molecule has 1 aromatic carbocycles. The van der Waals surface area contributed by atoms with Gasteiger partial charge in [0.2, 0.25) is 11.8 Å². The van der Waals surface area contributed by atoms with E-state index in [1.807, 2.05) is 24.3 Å². The average Bonchev–Trinajstić information content (AvgIpc) is 2.75. The highest BCUT2D eigenvalue weighted by atomic mass is 16.4. The van der Waals surface area contributed by atoms with Crippen molar-refractivity contribution in [1.82, 2.24) is 10.2 Å². The summed E-state index contributed by atoms with van der Waals surface area (Å²) in [5.74, 6) is 1.18. The molecule has 0 aliphatic carbocycles. The van der Waals surface area contributed by atoms with E-state index >= 15 is 0 Å². The van der Waals surface area contributed by atoms with Crippen LogP contribution in [0.1, 0.15) is 25.7 Å². The van der Waals surface area contributed by atoms with E-state index in [4.69, 9.17) is 10.2 Å². The molecule has 0 radical (unpaired) electrons. The van der Waals surface area contributed by atoms with Gasteiger partial charge in [0.1, 0.15) is 0 Å². The summed E-state index contributed by atoms with van der Waals surface area (Å²) < 4.78 is 5.55. The molecule has 4 heteroatoms. The molecule has 0 saturated carbocycles. The molecule has 1 aromatic heterocycles. The van der Waals surface area contributed by atoms with E-state index in [1.54, 1.807) is 0 Å². The topological polar surface area (TPSA) is 64.9 Å². The lowest BCUT2D eigenvalue weighted by molar-refractivity contribution is 0.496. The molecule has 0 bridgehead atoms. The van der Waals surface area contributed by atoms with Crippen LogP contribution in [0.25, 0.3) is 11.5 Å². The van der Waals surface area contributed by atoms with Gasteiger partial charge in [0.15, 0.2) is 0 Å². The molecular weight excluding hydrogens is 202 g/mol. The minimum absolute atomic E-state index is 0.504. The Morgan fingerprint density at radius 3 is 2.81 bits per heavy atom. The van der Waals surface area contributed by atoms with Crippen molar-refractivity contribution in [1.29, 1.82) is 0 Å². The van der Waals surface area contributed by atoms with Gasteiger partial charge in [-0.05, 0) is 18.6 Å². The maximum atomic E-state index is 5.83. The molecule has 1 heterocycles. The molecule has 0 fully saturated rings. The van der Waals surface area contributed by atoms with Crippen LogP contribution in [-0.4, -0.2) is 10.2 Å². The van der Waals surface area contributed by atoms with E-state index in [1.165, 1.54) is 0 Å². The lowest BCUT2D eigenvalue weighted by Crippen LogP contribution is -1.88. The van der Waals surface area contributed by atoms with Gasteiger partial charge in [-0.2, -0.15) is 0 Å². The van der Waals surface area contributed by atoms with Crippen molar-refractivity contribution in [3.8, 4) is 11.5 Å². The quantitative estimate of drug-likeness (QED) is 0.799. The summed E-state index contributed by atoms with van der Waals surface area (Å²) in [6.45, 7) is 2.13. The minimum atomic E-state index is 0.504. The van der Waals surface area contributed by atoms with Crippen molar-refractivity contribution in [3.63, 3.8) is 0 Å². The number of para-hydroxylation sites is 1. The molecule has 0 unspecified atom stereocenters. The Morgan fingerprint density at radius 2 is 2.06 bits per heavy atom. The van der Waals surface area contributed by atoms with Gasteiger partial charge in [0.05, 0.1) is 5.56 Å². The van der Waals surface area contributed by atoms with Crippen molar-refractivity contribution >= 4 is 5.69 Å². The standard InChI is InChI=1S/C12H15N3O/c1-2-3-8-11-14-15-12(16-11)9-6-4-5-7-10(9)13/h4-7H,2-3,8,13H2,1H3. The molecule has 0 aliphatic rings. The van der Waals surface area contributed by atoms with Crippen LogP contribution in [0.4, 0.5) is 5.69 Å². The molecule has 0 amide bonds. The molecule has 0 saturated heterocycles. The van der Waals surface area contributed by atoms with Gasteiger partial charge >= 0.3 is 0 Å². The predicted molar refractivity (Wildman–Crippen MR) is 62.8 cm³/mol. The van der Waals surface area contributed by atoms with Crippen molar-refractivity contribution in [2.45, 2.75) is 26.2 Å². The second-order valence-electron chi connectivity index (χ2n) is 3.69. The van der Waals surface area contributed by atoms with Gasteiger partial charge in [0, 0.05) is 12.1 Å². The first-order valence-electron chi connectivity index (χ1n) is 5.48. The first-order chi connectivity index (χ1) is 7.81. The molecule has 0 aliphatic heterocycles. The van der Waals surface area contributed by atoms with Crippen LogP contribution in [0.2, 0.25) is 0 Å². The van der Waals surface area contributed by atoms with Gasteiger partial charge in [0.25, 0.3) is 0 Å². The summed E-state index contributed by atoms with van der Waals surface area (Å²) in [7, 11) is 0. The molecule has 84 valence electrons. The summed E-state index contributed by atoms with van der Waals surface area (Å²) in [6.07, 6.45) is 3.01. The van der Waals surface area contributed by atoms with Gasteiger partial charge in [-0.15, -0.1) is 10.2 Å². The van der Waals surface area contributed by atoms with Crippen molar-refractivity contribution < 1.29 is 4.42 Å².